The van der Waals surface area contributed by atoms with E-state index in [1.165, 1.54) is 0 Å². The maximum absolute atomic E-state index is 9.26. The largest absolute Gasteiger partial charge is 0.492 e. The van der Waals surface area contributed by atoms with Gasteiger partial charge >= 0.3 is 0 Å². The van der Waals surface area contributed by atoms with Crippen LogP contribution in [0, 0.1) is 24.7 Å². The number of likely N-dealkylation sites (tertiary alicyclic amines) is 1. The van der Waals surface area contributed by atoms with Crippen LogP contribution in [0.5, 0.6) is 5.75 Å². The summed E-state index contributed by atoms with van der Waals surface area (Å²) in [5.74, 6) is 7.71. The number of benzene rings is 2. The van der Waals surface area contributed by atoms with Gasteiger partial charge in [0.1, 0.15) is 18.1 Å². The minimum absolute atomic E-state index is 0.309. The first-order chi connectivity index (χ1) is 16.1. The molecule has 4 nitrogen and oxygen atoms in total. The van der Waals surface area contributed by atoms with Gasteiger partial charge in [-0.1, -0.05) is 35.7 Å². The molecule has 0 unspecified atom stereocenters. The molecule has 1 saturated heterocycles. The van der Waals surface area contributed by atoms with Gasteiger partial charge in [0.25, 0.3) is 0 Å². The number of nitrogens with zero attached hydrogens (tertiary/aromatic N) is 2. The highest BCUT2D eigenvalue weighted by atomic mass is 35.5. The minimum Gasteiger partial charge on any atom is -0.492 e. The van der Waals surface area contributed by atoms with E-state index in [1.807, 2.05) is 61.7 Å². The average Bonchev–Trinajstić information content (AvgIpc) is 2.85. The van der Waals surface area contributed by atoms with Crippen LogP contribution in [0.2, 0.25) is 5.02 Å². The number of pyridine rings is 1. The van der Waals surface area contributed by atoms with E-state index in [0.717, 1.165) is 71.2 Å². The molecule has 33 heavy (non-hydrogen) atoms. The molecule has 0 bridgehead atoms. The molecule has 0 radical (unpaired) electrons. The van der Waals surface area contributed by atoms with Crippen LogP contribution in [0.1, 0.15) is 29.7 Å². The summed E-state index contributed by atoms with van der Waals surface area (Å²) in [4.78, 5) is 6.89. The zero-order valence-corrected chi connectivity index (χ0v) is 19.7. The fourth-order valence-electron chi connectivity index (χ4n) is 3.98. The zero-order valence-electron chi connectivity index (χ0n) is 18.9. The second-order valence-electron chi connectivity index (χ2n) is 8.49. The number of ether oxygens (including phenoxy) is 1. The summed E-state index contributed by atoms with van der Waals surface area (Å²) in [6.07, 6.45) is 3.98. The number of aryl methyl sites for hydroxylation is 1. The van der Waals surface area contributed by atoms with Crippen molar-refractivity contribution in [3.8, 4) is 28.7 Å². The molecule has 3 aromatic rings. The van der Waals surface area contributed by atoms with Crippen LogP contribution in [-0.4, -0.2) is 47.8 Å². The van der Waals surface area contributed by atoms with Crippen LogP contribution in [0.4, 0.5) is 0 Å². The highest BCUT2D eigenvalue weighted by molar-refractivity contribution is 6.30. The number of piperidine rings is 1. The Morgan fingerprint density at radius 2 is 1.79 bits per heavy atom. The molecule has 2 aromatic carbocycles. The Labute approximate surface area is 201 Å². The third-order valence-corrected chi connectivity index (χ3v) is 6.33. The van der Waals surface area contributed by atoms with E-state index in [0.29, 0.717) is 19.1 Å². The van der Waals surface area contributed by atoms with Crippen LogP contribution >= 0.6 is 11.6 Å². The quantitative estimate of drug-likeness (QED) is 0.514. The van der Waals surface area contributed by atoms with E-state index in [4.69, 9.17) is 16.3 Å². The summed E-state index contributed by atoms with van der Waals surface area (Å²) in [6.45, 7) is 6.01. The molecule has 0 atom stereocenters. The normalized spacial score (nSPS) is 14.5. The van der Waals surface area contributed by atoms with Crippen molar-refractivity contribution in [1.29, 1.82) is 0 Å². The van der Waals surface area contributed by atoms with Crippen molar-refractivity contribution in [3.63, 3.8) is 0 Å². The van der Waals surface area contributed by atoms with E-state index < -0.39 is 0 Å². The third kappa shape index (κ3) is 6.58. The SMILES string of the molecule is Cc1cc(C#Cc2ccc(-c3ccc(Cl)cc3)cn2)ccc1OCCN1CCC(CO)CC1. The molecule has 1 N–H and O–H groups in total. The molecule has 5 heteroatoms. The molecular weight excluding hydrogens is 432 g/mol. The van der Waals surface area contributed by atoms with E-state index in [2.05, 4.69) is 27.8 Å². The molecule has 1 aliphatic rings. The monoisotopic (exact) mass is 460 g/mol. The Kier molecular flexibility index (Phi) is 8.01. The van der Waals surface area contributed by atoms with Gasteiger partial charge in [-0.05, 0) is 92.2 Å². The van der Waals surface area contributed by atoms with E-state index in [-0.39, 0.29) is 0 Å². The standard InChI is InChI=1S/C28H29ClN2O2/c1-21-18-22(3-11-28(21)33-17-16-31-14-12-23(20-32)13-15-31)2-9-27-10-6-25(19-30-27)24-4-7-26(29)8-5-24/h3-8,10-11,18-19,23,32H,12-17,20H2,1H3. The highest BCUT2D eigenvalue weighted by Gasteiger charge is 2.18. The molecule has 0 amide bonds. The van der Waals surface area contributed by atoms with Crippen LogP contribution in [0.25, 0.3) is 11.1 Å². The lowest BCUT2D eigenvalue weighted by molar-refractivity contribution is 0.118. The molecule has 170 valence electrons. The first-order valence-corrected chi connectivity index (χ1v) is 11.8. The number of halogens is 1. The molecule has 1 aliphatic heterocycles. The topological polar surface area (TPSA) is 45.6 Å². The Balaban J connectivity index is 1.31. The van der Waals surface area contributed by atoms with Crippen LogP contribution in [0.3, 0.4) is 0 Å². The summed E-state index contributed by atoms with van der Waals surface area (Å²) in [7, 11) is 0. The minimum atomic E-state index is 0.309. The van der Waals surface area contributed by atoms with Crippen molar-refractivity contribution in [2.45, 2.75) is 19.8 Å². The maximum Gasteiger partial charge on any atom is 0.122 e. The van der Waals surface area contributed by atoms with Crippen molar-refractivity contribution in [2.24, 2.45) is 5.92 Å². The summed E-state index contributed by atoms with van der Waals surface area (Å²) < 4.78 is 6.01. The lowest BCUT2D eigenvalue weighted by Gasteiger charge is -2.30. The van der Waals surface area contributed by atoms with Crippen molar-refractivity contribution in [3.05, 3.63) is 82.6 Å². The van der Waals surface area contributed by atoms with Gasteiger partial charge in [-0.3, -0.25) is 4.90 Å². The molecule has 0 aliphatic carbocycles. The Morgan fingerprint density at radius 3 is 2.45 bits per heavy atom. The predicted molar refractivity (Wildman–Crippen MR) is 134 cm³/mol. The van der Waals surface area contributed by atoms with Gasteiger partial charge in [-0.15, -0.1) is 0 Å². The molecule has 0 saturated carbocycles. The first-order valence-electron chi connectivity index (χ1n) is 11.4. The number of rotatable bonds is 6. The van der Waals surface area contributed by atoms with Crippen molar-refractivity contribution in [1.82, 2.24) is 9.88 Å². The Morgan fingerprint density at radius 1 is 1.03 bits per heavy atom. The summed E-state index contributed by atoms with van der Waals surface area (Å²) in [5.41, 5.74) is 4.86. The van der Waals surface area contributed by atoms with Gasteiger partial charge in [0.15, 0.2) is 0 Å². The van der Waals surface area contributed by atoms with Gasteiger partial charge in [-0.2, -0.15) is 0 Å². The maximum atomic E-state index is 9.26. The highest BCUT2D eigenvalue weighted by Crippen LogP contribution is 2.22. The van der Waals surface area contributed by atoms with Crippen LogP contribution < -0.4 is 4.74 Å². The average molecular weight is 461 g/mol. The number of aliphatic hydroxyl groups excluding tert-OH is 1. The molecular formula is C28H29ClN2O2. The van der Waals surface area contributed by atoms with Crippen molar-refractivity contribution < 1.29 is 9.84 Å². The summed E-state index contributed by atoms with van der Waals surface area (Å²) in [5, 5.41) is 9.98. The van der Waals surface area contributed by atoms with Crippen LogP contribution in [0.15, 0.2) is 60.8 Å². The summed E-state index contributed by atoms with van der Waals surface area (Å²) in [6, 6.07) is 17.7. The predicted octanol–water partition coefficient (Wildman–Crippen LogP) is 5.19. The summed E-state index contributed by atoms with van der Waals surface area (Å²) >= 11 is 5.96. The Bertz CT molecular complexity index is 1110. The van der Waals surface area contributed by atoms with Gasteiger partial charge in [-0.25, -0.2) is 4.98 Å². The van der Waals surface area contributed by atoms with Gasteiger partial charge < -0.3 is 9.84 Å². The number of hydrogen-bond donors (Lipinski definition) is 1. The van der Waals surface area contributed by atoms with Crippen molar-refractivity contribution in [2.75, 3.05) is 32.8 Å². The fraction of sp³-hybridized carbons (Fsp3) is 0.321. The molecule has 1 fully saturated rings. The van der Waals surface area contributed by atoms with Crippen LogP contribution in [-0.2, 0) is 0 Å². The van der Waals surface area contributed by atoms with E-state index in [9.17, 15) is 5.11 Å². The number of hydrogen-bond acceptors (Lipinski definition) is 4. The first kappa shape index (κ1) is 23.3. The zero-order chi connectivity index (χ0) is 23.0. The second-order valence-corrected chi connectivity index (χ2v) is 8.92. The van der Waals surface area contributed by atoms with Crippen molar-refractivity contribution >= 4 is 11.6 Å². The molecule has 4 rings (SSSR count). The van der Waals surface area contributed by atoms with E-state index in [1.54, 1.807) is 0 Å². The number of aromatic nitrogens is 1. The smallest absolute Gasteiger partial charge is 0.122 e. The van der Waals surface area contributed by atoms with E-state index >= 15 is 0 Å². The van der Waals surface area contributed by atoms with Gasteiger partial charge in [0.05, 0.1) is 0 Å². The molecule has 0 spiro atoms. The third-order valence-electron chi connectivity index (χ3n) is 6.08. The van der Waals surface area contributed by atoms with Gasteiger partial charge in [0, 0.05) is 35.5 Å². The van der Waals surface area contributed by atoms with Gasteiger partial charge in [0.2, 0.25) is 0 Å². The Hall–Kier alpha value is -2.84. The number of aliphatic hydroxyl groups is 1. The second kappa shape index (κ2) is 11.3. The lowest BCUT2D eigenvalue weighted by atomic mass is 9.98. The fourth-order valence-corrected chi connectivity index (χ4v) is 4.11. The molecule has 1 aromatic heterocycles. The lowest BCUT2D eigenvalue weighted by Crippen LogP contribution is -2.37. The molecule has 2 heterocycles.